The Bertz CT molecular complexity index is 444. The summed E-state index contributed by atoms with van der Waals surface area (Å²) in [5, 5.41) is 3.68. The van der Waals surface area contributed by atoms with Crippen LogP contribution in [0.3, 0.4) is 0 Å². The number of methoxy groups -OCH3 is 1. The minimum absolute atomic E-state index is 0.0460. The maximum atomic E-state index is 11.9. The van der Waals surface area contributed by atoms with E-state index < -0.39 is 0 Å². The minimum Gasteiger partial charge on any atom is -0.384 e. The van der Waals surface area contributed by atoms with Crippen LogP contribution in [-0.2, 0) is 16.0 Å². The van der Waals surface area contributed by atoms with Gasteiger partial charge in [0.25, 0.3) is 0 Å². The Morgan fingerprint density at radius 3 is 2.84 bits per heavy atom. The molecule has 104 valence electrons. The number of carbonyl (C=O) groups is 1. The number of hydrogen-bond acceptors (Lipinski definition) is 2. The molecule has 19 heavy (non-hydrogen) atoms. The predicted octanol–water partition coefficient (Wildman–Crippen LogP) is 2.82. The first-order valence-electron chi connectivity index (χ1n) is 6.64. The van der Waals surface area contributed by atoms with Gasteiger partial charge in [-0.3, -0.25) is 4.79 Å². The fourth-order valence-corrected chi connectivity index (χ4v) is 2.75. The van der Waals surface area contributed by atoms with Gasteiger partial charge in [0, 0.05) is 24.1 Å². The highest BCUT2D eigenvalue weighted by Crippen LogP contribution is 2.40. The third-order valence-corrected chi connectivity index (χ3v) is 4.01. The standard InChI is InChI=1S/C15H20ClNO2/c1-19-11-15(6-3-7-15)10-17-14(18)9-12-4-2-5-13(16)8-12/h2,4-5,8H,3,6-7,9-11H2,1H3,(H,17,18). The Hall–Kier alpha value is -1.06. The molecule has 2 rings (SSSR count). The summed E-state index contributed by atoms with van der Waals surface area (Å²) in [6.07, 6.45) is 3.88. The second kappa shape index (κ2) is 6.40. The van der Waals surface area contributed by atoms with Gasteiger partial charge in [-0.1, -0.05) is 30.2 Å². The number of ether oxygens (including phenoxy) is 1. The molecule has 1 aliphatic carbocycles. The average Bonchev–Trinajstić information content (AvgIpc) is 2.32. The van der Waals surface area contributed by atoms with Crippen molar-refractivity contribution in [1.82, 2.24) is 5.32 Å². The van der Waals surface area contributed by atoms with Crippen LogP contribution in [0.2, 0.25) is 5.02 Å². The van der Waals surface area contributed by atoms with E-state index in [1.807, 2.05) is 24.3 Å². The molecule has 0 aromatic heterocycles. The lowest BCUT2D eigenvalue weighted by Crippen LogP contribution is -2.45. The molecule has 1 amide bonds. The van der Waals surface area contributed by atoms with Gasteiger partial charge >= 0.3 is 0 Å². The Kier molecular flexibility index (Phi) is 4.83. The van der Waals surface area contributed by atoms with E-state index >= 15 is 0 Å². The van der Waals surface area contributed by atoms with E-state index in [0.717, 1.165) is 25.0 Å². The summed E-state index contributed by atoms with van der Waals surface area (Å²) >= 11 is 5.90. The lowest BCUT2D eigenvalue weighted by atomic mass is 9.69. The monoisotopic (exact) mass is 281 g/mol. The van der Waals surface area contributed by atoms with Crippen LogP contribution < -0.4 is 5.32 Å². The maximum absolute atomic E-state index is 11.9. The molecule has 0 atom stereocenters. The first-order chi connectivity index (χ1) is 9.13. The summed E-state index contributed by atoms with van der Waals surface area (Å²) in [5.41, 5.74) is 1.11. The molecule has 1 N–H and O–H groups in total. The fraction of sp³-hybridized carbons (Fsp3) is 0.533. The summed E-state index contributed by atoms with van der Waals surface area (Å²) in [5.74, 6) is 0.0460. The Morgan fingerprint density at radius 2 is 2.26 bits per heavy atom. The molecule has 0 unspecified atom stereocenters. The molecular formula is C15H20ClNO2. The Morgan fingerprint density at radius 1 is 1.47 bits per heavy atom. The summed E-state index contributed by atoms with van der Waals surface area (Å²) in [6.45, 7) is 1.44. The van der Waals surface area contributed by atoms with Crippen LogP contribution >= 0.6 is 11.6 Å². The van der Waals surface area contributed by atoms with E-state index in [0.29, 0.717) is 18.0 Å². The van der Waals surface area contributed by atoms with Gasteiger partial charge in [0.2, 0.25) is 5.91 Å². The normalized spacial score (nSPS) is 16.7. The van der Waals surface area contributed by atoms with Crippen LogP contribution in [0.4, 0.5) is 0 Å². The molecule has 1 fully saturated rings. The van der Waals surface area contributed by atoms with Gasteiger partial charge in [0.1, 0.15) is 0 Å². The van der Waals surface area contributed by atoms with Crippen molar-refractivity contribution in [3.63, 3.8) is 0 Å². The summed E-state index contributed by atoms with van der Waals surface area (Å²) in [7, 11) is 1.72. The molecule has 0 spiro atoms. The highest BCUT2D eigenvalue weighted by atomic mass is 35.5. The van der Waals surface area contributed by atoms with Crippen LogP contribution in [0.5, 0.6) is 0 Å². The SMILES string of the molecule is COCC1(CNC(=O)Cc2cccc(Cl)c2)CCC1. The zero-order valence-electron chi connectivity index (χ0n) is 11.2. The zero-order valence-corrected chi connectivity index (χ0v) is 12.0. The molecule has 4 heteroatoms. The Balaban J connectivity index is 1.81. The van der Waals surface area contributed by atoms with Crippen molar-refractivity contribution in [2.75, 3.05) is 20.3 Å². The number of hydrogen-bond donors (Lipinski definition) is 1. The van der Waals surface area contributed by atoms with Crippen molar-refractivity contribution >= 4 is 17.5 Å². The number of rotatable bonds is 6. The maximum Gasteiger partial charge on any atom is 0.224 e. The van der Waals surface area contributed by atoms with Crippen molar-refractivity contribution in [2.24, 2.45) is 5.41 Å². The molecule has 0 heterocycles. The molecule has 0 saturated heterocycles. The summed E-state index contributed by atoms with van der Waals surface area (Å²) in [4.78, 5) is 11.9. The molecule has 0 radical (unpaired) electrons. The fourth-order valence-electron chi connectivity index (χ4n) is 2.54. The number of nitrogens with one attached hydrogen (secondary N) is 1. The van der Waals surface area contributed by atoms with Gasteiger partial charge in [0.05, 0.1) is 13.0 Å². The molecule has 1 saturated carbocycles. The highest BCUT2D eigenvalue weighted by Gasteiger charge is 2.37. The lowest BCUT2D eigenvalue weighted by molar-refractivity contribution is -0.121. The van der Waals surface area contributed by atoms with Crippen molar-refractivity contribution < 1.29 is 9.53 Å². The molecule has 1 aromatic carbocycles. The van der Waals surface area contributed by atoms with Crippen molar-refractivity contribution in [3.05, 3.63) is 34.9 Å². The number of amides is 1. The topological polar surface area (TPSA) is 38.3 Å². The smallest absolute Gasteiger partial charge is 0.224 e. The van der Waals surface area contributed by atoms with Gasteiger partial charge in [-0.2, -0.15) is 0 Å². The third-order valence-electron chi connectivity index (χ3n) is 3.78. The van der Waals surface area contributed by atoms with Crippen LogP contribution in [0.25, 0.3) is 0 Å². The predicted molar refractivity (Wildman–Crippen MR) is 76.3 cm³/mol. The number of benzene rings is 1. The van der Waals surface area contributed by atoms with E-state index in [9.17, 15) is 4.79 Å². The Labute approximate surface area is 119 Å². The first kappa shape index (κ1) is 14.4. The third kappa shape index (κ3) is 3.95. The average molecular weight is 282 g/mol. The van der Waals surface area contributed by atoms with Gasteiger partial charge in [0.15, 0.2) is 0 Å². The van der Waals surface area contributed by atoms with Crippen molar-refractivity contribution in [1.29, 1.82) is 0 Å². The first-order valence-corrected chi connectivity index (χ1v) is 7.01. The molecular weight excluding hydrogens is 262 g/mol. The van der Waals surface area contributed by atoms with E-state index in [1.54, 1.807) is 7.11 Å². The quantitative estimate of drug-likeness (QED) is 0.871. The van der Waals surface area contributed by atoms with Crippen molar-refractivity contribution in [3.8, 4) is 0 Å². The van der Waals surface area contributed by atoms with Gasteiger partial charge in [-0.25, -0.2) is 0 Å². The van der Waals surface area contributed by atoms with Crippen LogP contribution in [0.15, 0.2) is 24.3 Å². The lowest BCUT2D eigenvalue weighted by Gasteiger charge is -2.41. The van der Waals surface area contributed by atoms with E-state index in [-0.39, 0.29) is 11.3 Å². The second-order valence-electron chi connectivity index (χ2n) is 5.37. The molecule has 1 aromatic rings. The van der Waals surface area contributed by atoms with Crippen LogP contribution in [0.1, 0.15) is 24.8 Å². The van der Waals surface area contributed by atoms with Gasteiger partial charge in [-0.15, -0.1) is 0 Å². The largest absolute Gasteiger partial charge is 0.384 e. The molecule has 1 aliphatic rings. The van der Waals surface area contributed by atoms with E-state index in [2.05, 4.69) is 5.32 Å². The van der Waals surface area contributed by atoms with E-state index in [4.69, 9.17) is 16.3 Å². The molecule has 0 aliphatic heterocycles. The second-order valence-corrected chi connectivity index (χ2v) is 5.81. The molecule has 3 nitrogen and oxygen atoms in total. The summed E-state index contributed by atoms with van der Waals surface area (Å²) < 4.78 is 5.25. The minimum atomic E-state index is 0.0460. The highest BCUT2D eigenvalue weighted by molar-refractivity contribution is 6.30. The van der Waals surface area contributed by atoms with Crippen LogP contribution in [-0.4, -0.2) is 26.2 Å². The number of carbonyl (C=O) groups excluding carboxylic acids is 1. The number of halogens is 1. The van der Waals surface area contributed by atoms with Crippen LogP contribution in [0, 0.1) is 5.41 Å². The zero-order chi connectivity index (χ0) is 13.7. The summed E-state index contributed by atoms with van der Waals surface area (Å²) in [6, 6.07) is 7.42. The van der Waals surface area contributed by atoms with E-state index in [1.165, 1.54) is 6.42 Å². The van der Waals surface area contributed by atoms with Crippen molar-refractivity contribution in [2.45, 2.75) is 25.7 Å². The van der Waals surface area contributed by atoms with Gasteiger partial charge < -0.3 is 10.1 Å². The molecule has 0 bridgehead atoms. The van der Waals surface area contributed by atoms with Gasteiger partial charge in [-0.05, 0) is 30.5 Å².